The SMILES string of the molecule is CC/C=C/C=C/C=C/C=C/C=C/CCCC(=O)OC(COC(=O)CCCCCCCCCCCCCCCCC)COP(=O)(O)OC[C@H](N)C(=O)O. The Balaban J connectivity index is 4.53. The van der Waals surface area contributed by atoms with Crippen LogP contribution in [0.3, 0.4) is 0 Å². The molecule has 0 heterocycles. The molecule has 298 valence electrons. The Labute approximate surface area is 313 Å². The summed E-state index contributed by atoms with van der Waals surface area (Å²) in [4.78, 5) is 45.7. The largest absolute Gasteiger partial charge is 0.480 e. The van der Waals surface area contributed by atoms with Gasteiger partial charge >= 0.3 is 25.7 Å². The number of phosphoric ester groups is 1. The molecule has 0 aliphatic rings. The van der Waals surface area contributed by atoms with Gasteiger partial charge in [0.05, 0.1) is 13.2 Å². The number of carboxylic acids is 1. The van der Waals surface area contributed by atoms with E-state index in [4.69, 9.17) is 24.8 Å². The van der Waals surface area contributed by atoms with E-state index >= 15 is 0 Å². The molecule has 0 aromatic heterocycles. The first-order chi connectivity index (χ1) is 25.1. The molecule has 0 radical (unpaired) electrons. The summed E-state index contributed by atoms with van der Waals surface area (Å²) in [6.07, 6.45) is 38.8. The molecular formula is C40H68NO10P. The maximum absolute atomic E-state index is 12.5. The summed E-state index contributed by atoms with van der Waals surface area (Å²) in [5.74, 6) is -2.48. The minimum absolute atomic E-state index is 0.0638. The molecule has 0 amide bonds. The molecule has 0 saturated carbocycles. The molecule has 0 saturated heterocycles. The van der Waals surface area contributed by atoms with Gasteiger partial charge in [-0.15, -0.1) is 0 Å². The molecule has 3 atom stereocenters. The smallest absolute Gasteiger partial charge is 0.472 e. The molecule has 2 unspecified atom stereocenters. The number of rotatable bonds is 35. The van der Waals surface area contributed by atoms with Gasteiger partial charge in [0.2, 0.25) is 0 Å². The second-order valence-corrected chi connectivity index (χ2v) is 14.3. The zero-order valence-corrected chi connectivity index (χ0v) is 32.8. The topological polar surface area (TPSA) is 172 Å². The quantitative estimate of drug-likeness (QED) is 0.0244. The van der Waals surface area contributed by atoms with Gasteiger partial charge in [-0.25, -0.2) is 4.57 Å². The first kappa shape index (κ1) is 49.2. The Kier molecular flexibility index (Phi) is 33.3. The Bertz CT molecular complexity index is 1120. The molecule has 0 aromatic carbocycles. The summed E-state index contributed by atoms with van der Waals surface area (Å²) >= 11 is 0. The van der Waals surface area contributed by atoms with E-state index in [-0.39, 0.29) is 19.4 Å². The molecule has 12 heteroatoms. The molecule has 11 nitrogen and oxygen atoms in total. The zero-order chi connectivity index (χ0) is 38.5. The third kappa shape index (κ3) is 34.3. The third-order valence-corrected chi connectivity index (χ3v) is 8.86. The molecule has 0 fully saturated rings. The van der Waals surface area contributed by atoms with Crippen LogP contribution in [-0.2, 0) is 37.5 Å². The van der Waals surface area contributed by atoms with Gasteiger partial charge in [-0.3, -0.25) is 23.4 Å². The molecular weight excluding hydrogens is 685 g/mol. The van der Waals surface area contributed by atoms with Crippen molar-refractivity contribution in [2.45, 2.75) is 154 Å². The number of carboxylic acid groups (broad SMARTS) is 1. The molecule has 0 aliphatic carbocycles. The first-order valence-electron chi connectivity index (χ1n) is 19.4. The number of nitrogens with two attached hydrogens (primary N) is 1. The standard InChI is InChI=1S/C40H68NO10P/c1-3-5-7-9-11-13-15-17-18-20-21-23-25-27-29-31-38(42)48-33-36(34-49-52(46,47)50-35-37(41)40(44)45)51-39(43)32-30-28-26-24-22-19-16-14-12-10-8-6-4-2/h6,8,10,12,14,16,19,22,24,26,36-37H,3-5,7,9,11,13,15,17-18,20-21,23,25,27-35,41H2,1-2H3,(H,44,45)(H,46,47)/b8-6+,12-10+,16-14+,22-19+,26-24+/t36?,37-/m0/s1. The van der Waals surface area contributed by atoms with Crippen LogP contribution in [0, 0.1) is 0 Å². The van der Waals surface area contributed by atoms with E-state index in [9.17, 15) is 23.8 Å². The molecule has 0 aliphatic heterocycles. The fourth-order valence-corrected chi connectivity index (χ4v) is 5.64. The number of ether oxygens (including phenoxy) is 2. The van der Waals surface area contributed by atoms with Gasteiger partial charge in [-0.2, -0.15) is 0 Å². The van der Waals surface area contributed by atoms with Crippen molar-refractivity contribution >= 4 is 25.7 Å². The van der Waals surface area contributed by atoms with E-state index < -0.39 is 51.1 Å². The number of hydrogen-bond donors (Lipinski definition) is 3. The minimum atomic E-state index is -4.73. The van der Waals surface area contributed by atoms with Gasteiger partial charge in [-0.05, 0) is 25.7 Å². The van der Waals surface area contributed by atoms with Crippen LogP contribution in [0.15, 0.2) is 60.8 Å². The average Bonchev–Trinajstić information content (AvgIpc) is 3.12. The van der Waals surface area contributed by atoms with Gasteiger partial charge in [0, 0.05) is 12.8 Å². The Morgan fingerprint density at radius 1 is 0.615 bits per heavy atom. The number of hydrogen-bond acceptors (Lipinski definition) is 9. The van der Waals surface area contributed by atoms with Gasteiger partial charge in [0.1, 0.15) is 12.6 Å². The molecule has 0 spiro atoms. The number of unbranched alkanes of at least 4 members (excludes halogenated alkanes) is 15. The predicted molar refractivity (Wildman–Crippen MR) is 208 cm³/mol. The summed E-state index contributed by atoms with van der Waals surface area (Å²) in [5, 5.41) is 8.86. The van der Waals surface area contributed by atoms with Crippen LogP contribution in [0.1, 0.15) is 142 Å². The van der Waals surface area contributed by atoms with Crippen molar-refractivity contribution in [1.82, 2.24) is 0 Å². The molecule has 0 aromatic rings. The second kappa shape index (κ2) is 35.2. The maximum atomic E-state index is 12.5. The van der Waals surface area contributed by atoms with Crippen LogP contribution in [0.5, 0.6) is 0 Å². The highest BCUT2D eigenvalue weighted by atomic mass is 31.2. The summed E-state index contributed by atoms with van der Waals surface area (Å²) < 4.78 is 32.5. The van der Waals surface area contributed by atoms with Crippen LogP contribution >= 0.6 is 7.82 Å². The summed E-state index contributed by atoms with van der Waals surface area (Å²) in [6.45, 7) is 2.56. The van der Waals surface area contributed by atoms with Crippen LogP contribution in [0.4, 0.5) is 0 Å². The Hall–Kier alpha value is -2.82. The average molecular weight is 754 g/mol. The van der Waals surface area contributed by atoms with E-state index in [0.717, 1.165) is 25.7 Å². The Morgan fingerprint density at radius 3 is 1.60 bits per heavy atom. The van der Waals surface area contributed by atoms with Crippen molar-refractivity contribution in [2.75, 3.05) is 19.8 Å². The highest BCUT2D eigenvalue weighted by Crippen LogP contribution is 2.43. The number of carbonyl (C=O) groups is 3. The first-order valence-corrected chi connectivity index (χ1v) is 20.9. The number of carbonyl (C=O) groups excluding carboxylic acids is 2. The fraction of sp³-hybridized carbons (Fsp3) is 0.675. The predicted octanol–water partition coefficient (Wildman–Crippen LogP) is 9.61. The molecule has 52 heavy (non-hydrogen) atoms. The van der Waals surface area contributed by atoms with Gasteiger partial charge in [0.15, 0.2) is 6.10 Å². The second-order valence-electron chi connectivity index (χ2n) is 12.8. The number of allylic oxidation sites excluding steroid dienone is 10. The van der Waals surface area contributed by atoms with Crippen molar-refractivity contribution in [2.24, 2.45) is 5.73 Å². The molecule has 0 rings (SSSR count). The monoisotopic (exact) mass is 753 g/mol. The molecule has 0 bridgehead atoms. The van der Waals surface area contributed by atoms with E-state index in [1.165, 1.54) is 70.6 Å². The van der Waals surface area contributed by atoms with Crippen LogP contribution in [-0.4, -0.2) is 59.9 Å². The Morgan fingerprint density at radius 2 is 1.08 bits per heavy atom. The lowest BCUT2D eigenvalue weighted by atomic mass is 10.0. The van der Waals surface area contributed by atoms with E-state index in [1.807, 2.05) is 54.7 Å². The number of esters is 2. The van der Waals surface area contributed by atoms with Crippen molar-refractivity contribution in [3.8, 4) is 0 Å². The van der Waals surface area contributed by atoms with E-state index in [1.54, 1.807) is 0 Å². The van der Waals surface area contributed by atoms with Crippen LogP contribution in [0.25, 0.3) is 0 Å². The summed E-state index contributed by atoms with van der Waals surface area (Å²) in [6, 6.07) is -1.53. The highest BCUT2D eigenvalue weighted by Gasteiger charge is 2.28. The van der Waals surface area contributed by atoms with Crippen molar-refractivity contribution in [3.63, 3.8) is 0 Å². The number of phosphoric acid groups is 1. The normalized spacial score (nSPS) is 14.5. The lowest BCUT2D eigenvalue weighted by Gasteiger charge is -2.20. The lowest BCUT2D eigenvalue weighted by molar-refractivity contribution is -0.161. The van der Waals surface area contributed by atoms with E-state index in [0.29, 0.717) is 19.3 Å². The zero-order valence-electron chi connectivity index (χ0n) is 31.9. The molecule has 4 N–H and O–H groups in total. The number of aliphatic carboxylic acids is 1. The van der Waals surface area contributed by atoms with Crippen LogP contribution in [0.2, 0.25) is 0 Å². The van der Waals surface area contributed by atoms with E-state index in [2.05, 4.69) is 24.4 Å². The highest BCUT2D eigenvalue weighted by molar-refractivity contribution is 7.47. The maximum Gasteiger partial charge on any atom is 0.472 e. The summed E-state index contributed by atoms with van der Waals surface area (Å²) in [7, 11) is -4.73. The van der Waals surface area contributed by atoms with Crippen molar-refractivity contribution < 1.29 is 47.5 Å². The fourth-order valence-electron chi connectivity index (χ4n) is 4.86. The van der Waals surface area contributed by atoms with Crippen molar-refractivity contribution in [1.29, 1.82) is 0 Å². The van der Waals surface area contributed by atoms with Gasteiger partial charge in [0.25, 0.3) is 0 Å². The third-order valence-electron chi connectivity index (χ3n) is 7.91. The minimum Gasteiger partial charge on any atom is -0.480 e. The van der Waals surface area contributed by atoms with Gasteiger partial charge in [-0.1, -0.05) is 164 Å². The summed E-state index contributed by atoms with van der Waals surface area (Å²) in [5.41, 5.74) is 5.31. The van der Waals surface area contributed by atoms with Crippen LogP contribution < -0.4 is 5.73 Å². The lowest BCUT2D eigenvalue weighted by Crippen LogP contribution is -2.34. The van der Waals surface area contributed by atoms with Gasteiger partial charge < -0.3 is 25.2 Å². The van der Waals surface area contributed by atoms with Crippen molar-refractivity contribution in [3.05, 3.63) is 60.8 Å².